The fourth-order valence-electron chi connectivity index (χ4n) is 4.24. The van der Waals surface area contributed by atoms with Crippen molar-refractivity contribution in [3.05, 3.63) is 45.1 Å². The number of thiophene rings is 1. The molecule has 1 aromatic carbocycles. The molecule has 1 fully saturated rings. The largest absolute Gasteiger partial charge is 0.493 e. The molecule has 2 aromatic rings. The van der Waals surface area contributed by atoms with Gasteiger partial charge in [0, 0.05) is 16.8 Å². The predicted molar refractivity (Wildman–Crippen MR) is 104 cm³/mol. The number of likely N-dealkylation sites (tertiary alicyclic amines) is 1. The molecule has 1 atom stereocenters. The zero-order valence-electron chi connectivity index (χ0n) is 15.4. The van der Waals surface area contributed by atoms with E-state index in [2.05, 4.69) is 16.3 Å². The maximum atomic E-state index is 13.3. The van der Waals surface area contributed by atoms with Gasteiger partial charge in [-0.25, -0.2) is 0 Å². The molecule has 5 heteroatoms. The summed E-state index contributed by atoms with van der Waals surface area (Å²) in [6.07, 6.45) is 6.66. The molecule has 1 aromatic heterocycles. The highest BCUT2D eigenvalue weighted by molar-refractivity contribution is 7.10. The van der Waals surface area contributed by atoms with E-state index in [0.717, 1.165) is 54.9 Å². The molecule has 2 heterocycles. The lowest BCUT2D eigenvalue weighted by molar-refractivity contribution is 0.0734. The van der Waals surface area contributed by atoms with E-state index in [1.54, 1.807) is 25.6 Å². The molecule has 1 aliphatic heterocycles. The molecule has 0 N–H and O–H groups in total. The minimum atomic E-state index is 0.112. The summed E-state index contributed by atoms with van der Waals surface area (Å²) in [5.41, 5.74) is 3.37. The summed E-state index contributed by atoms with van der Waals surface area (Å²) in [5, 5.41) is 2.09. The Morgan fingerprint density at radius 1 is 1.12 bits per heavy atom. The minimum absolute atomic E-state index is 0.112. The quantitative estimate of drug-likeness (QED) is 0.787. The molecule has 4 rings (SSSR count). The van der Waals surface area contributed by atoms with E-state index in [1.807, 2.05) is 12.1 Å². The van der Waals surface area contributed by atoms with Crippen molar-refractivity contribution in [2.75, 3.05) is 20.8 Å². The van der Waals surface area contributed by atoms with E-state index in [-0.39, 0.29) is 11.9 Å². The number of hydrogen-bond donors (Lipinski definition) is 0. The second-order valence-electron chi connectivity index (χ2n) is 7.03. The number of hydrogen-bond acceptors (Lipinski definition) is 4. The molecule has 0 radical (unpaired) electrons. The van der Waals surface area contributed by atoms with Crippen molar-refractivity contribution < 1.29 is 14.3 Å². The molecule has 26 heavy (non-hydrogen) atoms. The number of aryl methyl sites for hydroxylation is 1. The number of carbonyl (C=O) groups is 1. The van der Waals surface area contributed by atoms with E-state index in [4.69, 9.17) is 9.47 Å². The van der Waals surface area contributed by atoms with Crippen LogP contribution in [0, 0.1) is 0 Å². The summed E-state index contributed by atoms with van der Waals surface area (Å²) >= 11 is 1.76. The molecule has 2 aliphatic rings. The van der Waals surface area contributed by atoms with Crippen molar-refractivity contribution in [1.82, 2.24) is 4.90 Å². The van der Waals surface area contributed by atoms with Gasteiger partial charge in [-0.15, -0.1) is 11.3 Å². The summed E-state index contributed by atoms with van der Waals surface area (Å²) in [5.74, 6) is 1.64. The highest BCUT2D eigenvalue weighted by Gasteiger charge is 2.33. The van der Waals surface area contributed by atoms with Gasteiger partial charge in [0.15, 0.2) is 11.5 Å². The Bertz CT molecular complexity index is 814. The van der Waals surface area contributed by atoms with Crippen LogP contribution in [0.5, 0.6) is 11.5 Å². The monoisotopic (exact) mass is 371 g/mol. The van der Waals surface area contributed by atoms with Gasteiger partial charge in [-0.1, -0.05) is 6.07 Å². The third-order valence-electron chi connectivity index (χ3n) is 5.60. The van der Waals surface area contributed by atoms with E-state index < -0.39 is 0 Å². The van der Waals surface area contributed by atoms with Crippen LogP contribution >= 0.6 is 11.3 Å². The van der Waals surface area contributed by atoms with E-state index in [1.165, 1.54) is 23.3 Å². The number of methoxy groups -OCH3 is 2. The van der Waals surface area contributed by atoms with Gasteiger partial charge in [0.05, 0.1) is 25.8 Å². The number of benzene rings is 1. The van der Waals surface area contributed by atoms with Gasteiger partial charge >= 0.3 is 0 Å². The lowest BCUT2D eigenvalue weighted by Gasteiger charge is -2.26. The molecule has 1 amide bonds. The minimum Gasteiger partial charge on any atom is -0.493 e. The van der Waals surface area contributed by atoms with Crippen molar-refractivity contribution in [3.63, 3.8) is 0 Å². The molecular weight excluding hydrogens is 346 g/mol. The van der Waals surface area contributed by atoms with Crippen molar-refractivity contribution in [2.24, 2.45) is 0 Å². The molecule has 0 bridgehead atoms. The Balaban J connectivity index is 1.62. The summed E-state index contributed by atoms with van der Waals surface area (Å²) in [4.78, 5) is 16.8. The number of amides is 1. The lowest BCUT2D eigenvalue weighted by atomic mass is 9.95. The van der Waals surface area contributed by atoms with E-state index >= 15 is 0 Å². The Hall–Kier alpha value is -2.01. The first-order chi connectivity index (χ1) is 12.7. The molecule has 4 nitrogen and oxygen atoms in total. The molecular formula is C21H25NO3S. The third kappa shape index (κ3) is 2.98. The first-order valence-corrected chi connectivity index (χ1v) is 10.2. The van der Waals surface area contributed by atoms with Gasteiger partial charge in [-0.2, -0.15) is 0 Å². The van der Waals surface area contributed by atoms with Crippen LogP contribution in [0.4, 0.5) is 0 Å². The summed E-state index contributed by atoms with van der Waals surface area (Å²) in [7, 11) is 3.29. The number of fused-ring (bicyclic) bond motifs is 1. The second-order valence-corrected chi connectivity index (χ2v) is 7.99. The number of carbonyl (C=O) groups excluding carboxylic acids is 1. The van der Waals surface area contributed by atoms with Gasteiger partial charge < -0.3 is 14.4 Å². The highest BCUT2D eigenvalue weighted by Crippen LogP contribution is 2.39. The van der Waals surface area contributed by atoms with Gasteiger partial charge in [-0.3, -0.25) is 4.79 Å². The summed E-state index contributed by atoms with van der Waals surface area (Å²) in [6, 6.07) is 6.11. The van der Waals surface area contributed by atoms with Crippen molar-refractivity contribution >= 4 is 17.2 Å². The van der Waals surface area contributed by atoms with Gasteiger partial charge in [-0.05, 0) is 61.8 Å². The zero-order valence-corrected chi connectivity index (χ0v) is 16.2. The van der Waals surface area contributed by atoms with Crippen molar-refractivity contribution in [1.29, 1.82) is 0 Å². The SMILES string of the molecule is COc1ccc(C2CCCN2C(=O)c2csc3c2CCCC3)cc1OC. The smallest absolute Gasteiger partial charge is 0.255 e. The number of nitrogens with zero attached hydrogens (tertiary/aromatic N) is 1. The van der Waals surface area contributed by atoms with Gasteiger partial charge in [0.25, 0.3) is 5.91 Å². The Kier molecular flexibility index (Phi) is 4.90. The molecule has 1 unspecified atom stereocenters. The molecule has 0 saturated carbocycles. The molecule has 138 valence electrons. The first kappa shape index (κ1) is 17.4. The van der Waals surface area contributed by atoms with Gasteiger partial charge in [0.2, 0.25) is 0 Å². The number of rotatable bonds is 4. The van der Waals surface area contributed by atoms with Crippen LogP contribution in [0.1, 0.15) is 58.1 Å². The Labute approximate surface area is 158 Å². The third-order valence-corrected chi connectivity index (χ3v) is 6.69. The maximum Gasteiger partial charge on any atom is 0.255 e. The van der Waals surface area contributed by atoms with Crippen LogP contribution < -0.4 is 9.47 Å². The Morgan fingerprint density at radius 2 is 1.92 bits per heavy atom. The maximum absolute atomic E-state index is 13.3. The summed E-state index contributed by atoms with van der Waals surface area (Å²) in [6.45, 7) is 0.822. The van der Waals surface area contributed by atoms with Crippen LogP contribution in [0.3, 0.4) is 0 Å². The van der Waals surface area contributed by atoms with Crippen LogP contribution in [0.2, 0.25) is 0 Å². The normalized spacial score (nSPS) is 19.3. The highest BCUT2D eigenvalue weighted by atomic mass is 32.1. The van der Waals surface area contributed by atoms with Crippen LogP contribution in [0.25, 0.3) is 0 Å². The average Bonchev–Trinajstić information content (AvgIpc) is 3.34. The standard InChI is InChI=1S/C21H25NO3S/c1-24-18-10-9-14(12-19(18)25-2)17-7-5-11-22(17)21(23)16-13-26-20-8-4-3-6-15(16)20/h9-10,12-13,17H,3-8,11H2,1-2H3. The van der Waals surface area contributed by atoms with E-state index in [9.17, 15) is 4.79 Å². The van der Waals surface area contributed by atoms with Gasteiger partial charge in [0.1, 0.15) is 0 Å². The number of ether oxygens (including phenoxy) is 2. The Morgan fingerprint density at radius 3 is 2.73 bits per heavy atom. The molecule has 1 aliphatic carbocycles. The fraction of sp³-hybridized carbons (Fsp3) is 0.476. The zero-order chi connectivity index (χ0) is 18.1. The average molecular weight is 372 g/mol. The predicted octanol–water partition coefficient (Wildman–Crippen LogP) is 4.62. The second kappa shape index (κ2) is 7.31. The van der Waals surface area contributed by atoms with E-state index in [0.29, 0.717) is 0 Å². The van der Waals surface area contributed by atoms with Crippen molar-refractivity contribution in [2.45, 2.75) is 44.6 Å². The summed E-state index contributed by atoms with van der Waals surface area (Å²) < 4.78 is 10.8. The molecule has 0 spiro atoms. The van der Waals surface area contributed by atoms with Crippen molar-refractivity contribution in [3.8, 4) is 11.5 Å². The van der Waals surface area contributed by atoms with Crippen LogP contribution in [-0.4, -0.2) is 31.6 Å². The topological polar surface area (TPSA) is 38.8 Å². The fourth-order valence-corrected chi connectivity index (χ4v) is 5.36. The van der Waals surface area contributed by atoms with Crippen LogP contribution in [-0.2, 0) is 12.8 Å². The molecule has 1 saturated heterocycles. The lowest BCUT2D eigenvalue weighted by Crippen LogP contribution is -2.31. The first-order valence-electron chi connectivity index (χ1n) is 9.35. The van der Waals surface area contributed by atoms with Crippen LogP contribution in [0.15, 0.2) is 23.6 Å².